The lowest BCUT2D eigenvalue weighted by molar-refractivity contribution is -0.248. The summed E-state index contributed by atoms with van der Waals surface area (Å²) in [6, 6.07) is 0.949. The van der Waals surface area contributed by atoms with Crippen LogP contribution in [0.15, 0.2) is 6.07 Å². The van der Waals surface area contributed by atoms with Crippen molar-refractivity contribution >= 4 is 47.5 Å². The van der Waals surface area contributed by atoms with Gasteiger partial charge in [-0.2, -0.15) is 30.4 Å². The number of carbonyl (C=O) groups excluding carboxylic acids is 1. The molecule has 5 nitrogen and oxygen atoms in total. The largest absolute Gasteiger partial charge is 0.441 e. The molecule has 0 saturated carbocycles. The molecule has 1 N–H and O–H groups in total. The molecule has 150 valence electrons. The zero-order chi connectivity index (χ0) is 22.8. The van der Waals surface area contributed by atoms with E-state index < -0.39 is 45.5 Å². The molecule has 0 aliphatic rings. The Morgan fingerprint density at radius 2 is 1.45 bits per heavy atom. The van der Waals surface area contributed by atoms with Gasteiger partial charge >= 0.3 is 27.5 Å². The van der Waals surface area contributed by atoms with Gasteiger partial charge < -0.3 is 4.74 Å². The van der Waals surface area contributed by atoms with Crippen molar-refractivity contribution in [3.05, 3.63) is 33.9 Å². The molecule has 0 fully saturated rings. The molecule has 0 bridgehead atoms. The average molecular weight is 430 g/mol. The number of halogens is 5. The minimum absolute atomic E-state index is 0.118. The predicted octanol–water partition coefficient (Wildman–Crippen LogP) is 0.929. The fraction of sp³-hybridized carbons (Fsp3) is 0.500. The molecule has 1 aromatic carbocycles. The Morgan fingerprint density at radius 3 is 1.79 bits per heavy atom. The second-order valence-corrected chi connectivity index (χ2v) is 7.19. The highest BCUT2D eigenvalue weighted by Crippen LogP contribution is 2.39. The van der Waals surface area contributed by atoms with E-state index in [1.807, 2.05) is 0 Å². The minimum atomic E-state index is -6.58. The number of ether oxygens (including phenoxy) is 1. The molecule has 0 spiro atoms. The molecule has 1 atom stereocenters. The first-order chi connectivity index (χ1) is 13.2. The molecule has 0 amide bonds. The van der Waals surface area contributed by atoms with Gasteiger partial charge in [-0.3, -0.25) is 4.55 Å². The summed E-state index contributed by atoms with van der Waals surface area (Å²) in [5.41, 5.74) is -0.114. The van der Waals surface area contributed by atoms with Crippen LogP contribution in [0.2, 0.25) is 0 Å². The van der Waals surface area contributed by atoms with E-state index >= 15 is 0 Å². The van der Waals surface area contributed by atoms with Gasteiger partial charge in [0.15, 0.2) is 0 Å². The second kappa shape index (κ2) is 9.11. The zero-order valence-corrected chi connectivity index (χ0v) is 15.5. The maximum atomic E-state index is 13.6. The van der Waals surface area contributed by atoms with Gasteiger partial charge in [0.1, 0.15) is 0 Å². The van der Waals surface area contributed by atoms with Crippen molar-refractivity contribution in [3.63, 3.8) is 0 Å². The lowest BCUT2D eigenvalue weighted by atomic mass is 9.74. The summed E-state index contributed by atoms with van der Waals surface area (Å²) < 4.78 is 100.0. The summed E-state index contributed by atoms with van der Waals surface area (Å²) in [6.07, 6.45) is -11.6. The van der Waals surface area contributed by atoms with E-state index in [1.165, 1.54) is 0 Å². The number of carbonyl (C=O) groups is 1. The van der Waals surface area contributed by atoms with Crippen LogP contribution >= 0.6 is 0 Å². The van der Waals surface area contributed by atoms with Crippen molar-refractivity contribution in [2.45, 2.75) is 42.8 Å². The van der Waals surface area contributed by atoms with Gasteiger partial charge in [-0.05, 0) is 11.6 Å². The van der Waals surface area contributed by atoms with Gasteiger partial charge in [0.2, 0.25) is 0 Å². The molecule has 0 heterocycles. The number of hydrogen-bond acceptors (Lipinski definition) is 4. The van der Waals surface area contributed by atoms with Gasteiger partial charge in [0, 0.05) is 0 Å². The Hall–Kier alpha value is -1.49. The SMILES string of the molecule is [B]Cc1cc(C(=O)OC(C(F)(F)F)C(F)(F)S(=O)(=O)O)c(C[B])c(C[B])c1C[B]. The summed E-state index contributed by atoms with van der Waals surface area (Å²) in [4.78, 5) is 12.3. The van der Waals surface area contributed by atoms with Crippen LogP contribution in [0.1, 0.15) is 32.6 Å². The van der Waals surface area contributed by atoms with Crippen molar-refractivity contribution in [1.29, 1.82) is 0 Å². The molecule has 0 aliphatic heterocycles. The highest BCUT2D eigenvalue weighted by atomic mass is 32.2. The lowest BCUT2D eigenvalue weighted by Gasteiger charge is -2.27. The first-order valence-electron chi connectivity index (χ1n) is 7.76. The number of rotatable bonds is 8. The van der Waals surface area contributed by atoms with E-state index in [4.69, 9.17) is 35.9 Å². The maximum absolute atomic E-state index is 13.6. The Kier molecular flexibility index (Phi) is 8.03. The Balaban J connectivity index is 3.61. The number of hydrogen-bond donors (Lipinski definition) is 1. The van der Waals surface area contributed by atoms with Crippen LogP contribution < -0.4 is 0 Å². The zero-order valence-electron chi connectivity index (χ0n) is 14.7. The predicted molar refractivity (Wildman–Crippen MR) is 96.0 cm³/mol. The summed E-state index contributed by atoms with van der Waals surface area (Å²) in [5.74, 6) is -1.97. The van der Waals surface area contributed by atoms with Gasteiger partial charge in [-0.25, -0.2) is 4.79 Å². The standard InChI is InChI=1S/C14H11B4F5O5S/c15-2-6-1-7(9(4-17)10(5-18)8(6)3-16)11(24)28-12(13(19,20)21)14(22,23)29(25,26)27/h1,12H,2-5H2,(H,25,26,27). The van der Waals surface area contributed by atoms with Gasteiger partial charge in [-0.1, -0.05) is 42.0 Å². The third kappa shape index (κ3) is 5.17. The third-order valence-corrected chi connectivity index (χ3v) is 4.89. The molecule has 0 aliphatic carbocycles. The first kappa shape index (κ1) is 25.5. The third-order valence-electron chi connectivity index (χ3n) is 3.98. The van der Waals surface area contributed by atoms with Crippen LogP contribution in [-0.2, 0) is 40.1 Å². The van der Waals surface area contributed by atoms with Crippen LogP contribution in [0.4, 0.5) is 22.0 Å². The van der Waals surface area contributed by atoms with E-state index in [2.05, 4.69) is 4.74 Å². The number of esters is 1. The van der Waals surface area contributed by atoms with Crippen LogP contribution in [0, 0.1) is 0 Å². The van der Waals surface area contributed by atoms with Crippen molar-refractivity contribution < 1.29 is 44.5 Å². The van der Waals surface area contributed by atoms with Crippen molar-refractivity contribution in [2.75, 3.05) is 0 Å². The molecule has 29 heavy (non-hydrogen) atoms. The van der Waals surface area contributed by atoms with Crippen LogP contribution in [0.5, 0.6) is 0 Å². The van der Waals surface area contributed by atoms with E-state index in [9.17, 15) is 35.2 Å². The fourth-order valence-corrected chi connectivity index (χ4v) is 3.07. The summed E-state index contributed by atoms with van der Waals surface area (Å²) in [5, 5.41) is -5.87. The Labute approximate surface area is 169 Å². The second-order valence-electron chi connectivity index (χ2n) is 5.70. The highest BCUT2D eigenvalue weighted by molar-refractivity contribution is 7.86. The van der Waals surface area contributed by atoms with Crippen LogP contribution in [-0.4, -0.2) is 67.9 Å². The average Bonchev–Trinajstić information content (AvgIpc) is 2.61. The summed E-state index contributed by atoms with van der Waals surface area (Å²) in [6.45, 7) is 0. The van der Waals surface area contributed by atoms with Crippen LogP contribution in [0.25, 0.3) is 0 Å². The highest BCUT2D eigenvalue weighted by Gasteiger charge is 2.66. The van der Waals surface area contributed by atoms with Gasteiger partial charge in [0.25, 0.3) is 6.10 Å². The van der Waals surface area contributed by atoms with Crippen molar-refractivity contribution in [3.8, 4) is 0 Å². The molecule has 1 aromatic rings. The number of benzene rings is 1. The lowest BCUT2D eigenvalue weighted by Crippen LogP contribution is -2.52. The van der Waals surface area contributed by atoms with Gasteiger partial charge in [-0.15, -0.1) is 0 Å². The topological polar surface area (TPSA) is 80.7 Å². The van der Waals surface area contributed by atoms with E-state index in [1.54, 1.807) is 0 Å². The minimum Gasteiger partial charge on any atom is -0.441 e. The Morgan fingerprint density at radius 1 is 0.966 bits per heavy atom. The monoisotopic (exact) mass is 430 g/mol. The smallest absolute Gasteiger partial charge is 0.432 e. The van der Waals surface area contributed by atoms with E-state index in [-0.39, 0.29) is 35.7 Å². The molecular weight excluding hydrogens is 418 g/mol. The fourth-order valence-electron chi connectivity index (χ4n) is 2.62. The Bertz CT molecular complexity index is 876. The maximum Gasteiger partial charge on any atom is 0.432 e. The summed E-state index contributed by atoms with van der Waals surface area (Å²) >= 11 is 0. The molecule has 1 unspecified atom stereocenters. The van der Waals surface area contributed by atoms with Crippen molar-refractivity contribution in [1.82, 2.24) is 0 Å². The quantitative estimate of drug-likeness (QED) is 0.288. The molecular formula is C14H11B4F5O5S. The van der Waals surface area contributed by atoms with Gasteiger partial charge in [0.05, 0.1) is 36.9 Å². The van der Waals surface area contributed by atoms with E-state index in [0.717, 1.165) is 6.07 Å². The van der Waals surface area contributed by atoms with Crippen molar-refractivity contribution in [2.24, 2.45) is 0 Å². The molecule has 15 heteroatoms. The van der Waals surface area contributed by atoms with E-state index in [0.29, 0.717) is 5.56 Å². The normalized spacial score (nSPS) is 13.9. The molecule has 0 aromatic heterocycles. The molecule has 8 radical (unpaired) electrons. The molecule has 0 saturated heterocycles. The van der Waals surface area contributed by atoms with Crippen LogP contribution in [0.3, 0.4) is 0 Å². The molecule has 1 rings (SSSR count). The number of alkyl halides is 5. The first-order valence-corrected chi connectivity index (χ1v) is 9.20. The summed E-state index contributed by atoms with van der Waals surface area (Å²) in [7, 11) is 15.6.